The number of carbonyl (C=O) groups is 1. The highest BCUT2D eigenvalue weighted by Crippen LogP contribution is 2.43. The molecule has 2 aliphatic rings. The van der Waals surface area contributed by atoms with Gasteiger partial charge in [0.15, 0.2) is 0 Å². The van der Waals surface area contributed by atoms with E-state index in [1.54, 1.807) is 0 Å². The Morgan fingerprint density at radius 3 is 3.00 bits per heavy atom. The van der Waals surface area contributed by atoms with Crippen molar-refractivity contribution in [1.82, 2.24) is 10.6 Å². The van der Waals surface area contributed by atoms with Crippen molar-refractivity contribution in [2.75, 3.05) is 13.1 Å². The summed E-state index contributed by atoms with van der Waals surface area (Å²) in [6.07, 6.45) is 5.49. The predicted molar refractivity (Wildman–Crippen MR) is 56.0 cm³/mol. The largest absolute Gasteiger partial charge is 0.354 e. The van der Waals surface area contributed by atoms with Crippen LogP contribution in [0.4, 0.5) is 0 Å². The minimum Gasteiger partial charge on any atom is -0.354 e. The van der Waals surface area contributed by atoms with E-state index in [4.69, 9.17) is 0 Å². The van der Waals surface area contributed by atoms with E-state index in [2.05, 4.69) is 10.6 Å². The van der Waals surface area contributed by atoms with Gasteiger partial charge in [0.2, 0.25) is 5.91 Å². The maximum Gasteiger partial charge on any atom is 0.220 e. The Bertz CT molecular complexity index is 229. The van der Waals surface area contributed by atoms with Gasteiger partial charge in [-0.2, -0.15) is 0 Å². The van der Waals surface area contributed by atoms with Crippen molar-refractivity contribution in [3.05, 3.63) is 0 Å². The Hall–Kier alpha value is -0.570. The zero-order valence-corrected chi connectivity index (χ0v) is 8.94. The fourth-order valence-corrected chi connectivity index (χ4v) is 2.71. The standard InChI is InChI=1S/C11H20N2O/c1-2-3-10(14)12-8-11-6-4-9(11)5-7-13-11/h9,13H,2-8H2,1H3,(H,12,14). The predicted octanol–water partition coefficient (Wildman–Crippen LogP) is 1.04. The summed E-state index contributed by atoms with van der Waals surface area (Å²) in [6, 6.07) is 0. The summed E-state index contributed by atoms with van der Waals surface area (Å²) in [5.41, 5.74) is 0.281. The summed E-state index contributed by atoms with van der Waals surface area (Å²) in [6.45, 7) is 4.02. The average Bonchev–Trinajstić information content (AvgIpc) is 2.41. The summed E-state index contributed by atoms with van der Waals surface area (Å²) < 4.78 is 0. The molecule has 80 valence electrons. The van der Waals surface area contributed by atoms with E-state index in [9.17, 15) is 4.79 Å². The van der Waals surface area contributed by atoms with Crippen molar-refractivity contribution in [2.24, 2.45) is 5.92 Å². The van der Waals surface area contributed by atoms with E-state index in [0.29, 0.717) is 6.42 Å². The van der Waals surface area contributed by atoms with Gasteiger partial charge in [-0.25, -0.2) is 0 Å². The monoisotopic (exact) mass is 196 g/mol. The molecule has 0 aromatic carbocycles. The van der Waals surface area contributed by atoms with E-state index in [0.717, 1.165) is 25.4 Å². The molecule has 1 heterocycles. The number of carbonyl (C=O) groups excluding carboxylic acids is 1. The molecule has 0 aromatic rings. The van der Waals surface area contributed by atoms with Gasteiger partial charge in [0.25, 0.3) is 0 Å². The van der Waals surface area contributed by atoms with E-state index in [-0.39, 0.29) is 11.4 Å². The van der Waals surface area contributed by atoms with Gasteiger partial charge in [-0.3, -0.25) is 4.79 Å². The lowest BCUT2D eigenvalue weighted by molar-refractivity contribution is -0.121. The summed E-state index contributed by atoms with van der Waals surface area (Å²) in [5.74, 6) is 1.03. The van der Waals surface area contributed by atoms with Crippen LogP contribution >= 0.6 is 0 Å². The van der Waals surface area contributed by atoms with Crippen LogP contribution in [0.15, 0.2) is 0 Å². The third-order valence-corrected chi connectivity index (χ3v) is 3.77. The number of fused-ring (bicyclic) bond motifs is 1. The first-order chi connectivity index (χ1) is 6.77. The molecule has 2 rings (SSSR count). The van der Waals surface area contributed by atoms with Crippen LogP contribution in [0, 0.1) is 5.92 Å². The van der Waals surface area contributed by atoms with Gasteiger partial charge >= 0.3 is 0 Å². The molecular formula is C11H20N2O. The average molecular weight is 196 g/mol. The van der Waals surface area contributed by atoms with Crippen molar-refractivity contribution in [3.8, 4) is 0 Å². The second-order valence-electron chi connectivity index (χ2n) is 4.63. The van der Waals surface area contributed by atoms with E-state index in [1.165, 1.54) is 19.3 Å². The molecule has 1 saturated carbocycles. The molecule has 2 N–H and O–H groups in total. The molecule has 0 bridgehead atoms. The number of hydrogen-bond donors (Lipinski definition) is 2. The van der Waals surface area contributed by atoms with Gasteiger partial charge < -0.3 is 10.6 Å². The fraction of sp³-hybridized carbons (Fsp3) is 0.909. The maximum atomic E-state index is 11.3. The number of amides is 1. The molecule has 2 atom stereocenters. The highest BCUT2D eigenvalue weighted by Gasteiger charge is 2.49. The van der Waals surface area contributed by atoms with Crippen molar-refractivity contribution in [1.29, 1.82) is 0 Å². The Kier molecular flexibility index (Phi) is 2.77. The lowest BCUT2D eigenvalue weighted by Gasteiger charge is -2.45. The number of nitrogens with one attached hydrogen (secondary N) is 2. The molecule has 0 aromatic heterocycles. The SMILES string of the molecule is CCCC(=O)NCC12CCC1CCN2. The molecule has 2 fully saturated rings. The molecule has 1 aliphatic carbocycles. The molecule has 0 spiro atoms. The highest BCUT2D eigenvalue weighted by atomic mass is 16.1. The lowest BCUT2D eigenvalue weighted by Crippen LogP contribution is -2.59. The fourth-order valence-electron chi connectivity index (χ4n) is 2.71. The minimum atomic E-state index is 0.209. The second kappa shape index (κ2) is 3.89. The zero-order valence-electron chi connectivity index (χ0n) is 8.94. The normalized spacial score (nSPS) is 34.8. The van der Waals surface area contributed by atoms with Crippen LogP contribution in [0.25, 0.3) is 0 Å². The number of hydrogen-bond acceptors (Lipinski definition) is 2. The summed E-state index contributed by atoms with van der Waals surface area (Å²) >= 11 is 0. The first-order valence-electron chi connectivity index (χ1n) is 5.78. The molecule has 3 heteroatoms. The van der Waals surface area contributed by atoms with Gasteiger partial charge in [0, 0.05) is 18.5 Å². The van der Waals surface area contributed by atoms with Crippen LogP contribution in [-0.2, 0) is 4.79 Å². The Balaban J connectivity index is 1.77. The Labute approximate surface area is 85.6 Å². The molecule has 1 amide bonds. The van der Waals surface area contributed by atoms with Crippen LogP contribution in [0.1, 0.15) is 39.0 Å². The lowest BCUT2D eigenvalue weighted by atomic mass is 9.68. The van der Waals surface area contributed by atoms with Crippen LogP contribution in [0.2, 0.25) is 0 Å². The summed E-state index contributed by atoms with van der Waals surface area (Å²) in [5, 5.41) is 6.60. The first kappa shape index (κ1) is 9.97. The van der Waals surface area contributed by atoms with Crippen molar-refractivity contribution in [3.63, 3.8) is 0 Å². The van der Waals surface area contributed by atoms with Gasteiger partial charge in [-0.05, 0) is 38.1 Å². The van der Waals surface area contributed by atoms with Crippen LogP contribution in [0.5, 0.6) is 0 Å². The molecule has 2 unspecified atom stereocenters. The molecule has 3 nitrogen and oxygen atoms in total. The molecule has 1 aliphatic heterocycles. The van der Waals surface area contributed by atoms with Crippen LogP contribution < -0.4 is 10.6 Å². The molecule has 0 radical (unpaired) electrons. The third kappa shape index (κ3) is 1.65. The number of rotatable bonds is 4. The third-order valence-electron chi connectivity index (χ3n) is 3.77. The van der Waals surface area contributed by atoms with E-state index < -0.39 is 0 Å². The van der Waals surface area contributed by atoms with Crippen LogP contribution in [0.3, 0.4) is 0 Å². The first-order valence-corrected chi connectivity index (χ1v) is 5.78. The van der Waals surface area contributed by atoms with Crippen LogP contribution in [-0.4, -0.2) is 24.5 Å². The zero-order chi connectivity index (χ0) is 10.0. The molecule has 14 heavy (non-hydrogen) atoms. The summed E-state index contributed by atoms with van der Waals surface area (Å²) in [4.78, 5) is 11.3. The molecular weight excluding hydrogens is 176 g/mol. The van der Waals surface area contributed by atoms with Crippen molar-refractivity contribution >= 4 is 5.91 Å². The second-order valence-corrected chi connectivity index (χ2v) is 4.63. The topological polar surface area (TPSA) is 41.1 Å². The van der Waals surface area contributed by atoms with Crippen molar-refractivity contribution in [2.45, 2.75) is 44.6 Å². The minimum absolute atomic E-state index is 0.209. The van der Waals surface area contributed by atoms with E-state index in [1.807, 2.05) is 6.92 Å². The van der Waals surface area contributed by atoms with Gasteiger partial charge in [-0.15, -0.1) is 0 Å². The van der Waals surface area contributed by atoms with Gasteiger partial charge in [0.05, 0.1) is 0 Å². The van der Waals surface area contributed by atoms with Crippen molar-refractivity contribution < 1.29 is 4.79 Å². The Morgan fingerprint density at radius 2 is 2.43 bits per heavy atom. The summed E-state index contributed by atoms with van der Waals surface area (Å²) in [7, 11) is 0. The maximum absolute atomic E-state index is 11.3. The molecule has 1 saturated heterocycles. The van der Waals surface area contributed by atoms with Gasteiger partial charge in [-0.1, -0.05) is 6.92 Å². The van der Waals surface area contributed by atoms with Gasteiger partial charge in [0.1, 0.15) is 0 Å². The quantitative estimate of drug-likeness (QED) is 0.705. The smallest absolute Gasteiger partial charge is 0.220 e. The van der Waals surface area contributed by atoms with E-state index >= 15 is 0 Å². The highest BCUT2D eigenvalue weighted by molar-refractivity contribution is 5.75. The Morgan fingerprint density at radius 1 is 1.57 bits per heavy atom.